The van der Waals surface area contributed by atoms with Gasteiger partial charge in [-0.25, -0.2) is 4.79 Å². The van der Waals surface area contributed by atoms with Gasteiger partial charge in [-0.1, -0.05) is 0 Å². The molecule has 1 unspecified atom stereocenters. The molecule has 1 N–H and O–H groups in total. The van der Waals surface area contributed by atoms with Crippen LogP contribution in [0.5, 0.6) is 0 Å². The lowest BCUT2D eigenvalue weighted by Gasteiger charge is -2.33. The number of nitrogens with zero attached hydrogens (tertiary/aromatic N) is 1. The van der Waals surface area contributed by atoms with Crippen molar-refractivity contribution in [1.82, 2.24) is 0 Å². The molecule has 1 aromatic heterocycles. The maximum Gasteiger partial charge on any atom is 0.432 e. The number of halogens is 3. The Kier molecular flexibility index (Phi) is 5.00. The Balaban J connectivity index is 2.60. The van der Waals surface area contributed by atoms with Gasteiger partial charge in [-0.2, -0.15) is 13.2 Å². The van der Waals surface area contributed by atoms with Gasteiger partial charge in [0, 0.05) is 18.7 Å². The normalized spacial score (nSPS) is 18.4. The molecule has 9 heteroatoms. The first-order valence-corrected chi connectivity index (χ1v) is 7.79. The Labute approximate surface area is 134 Å². The van der Waals surface area contributed by atoms with Crippen LogP contribution in [0.2, 0.25) is 0 Å². The molecule has 0 saturated carbocycles. The van der Waals surface area contributed by atoms with Crippen LogP contribution in [-0.2, 0) is 15.1 Å². The number of thiophene rings is 1. The molecule has 5 nitrogen and oxygen atoms in total. The van der Waals surface area contributed by atoms with Gasteiger partial charge >= 0.3 is 12.1 Å². The number of alkyl halides is 3. The van der Waals surface area contributed by atoms with E-state index in [1.165, 1.54) is 0 Å². The number of rotatable bonds is 4. The highest BCUT2D eigenvalue weighted by atomic mass is 32.1. The summed E-state index contributed by atoms with van der Waals surface area (Å²) >= 11 is 0.827. The van der Waals surface area contributed by atoms with Crippen molar-refractivity contribution in [3.63, 3.8) is 0 Å². The minimum atomic E-state index is -5.27. The second kappa shape index (κ2) is 6.48. The van der Waals surface area contributed by atoms with E-state index in [1.807, 2.05) is 0 Å². The van der Waals surface area contributed by atoms with Gasteiger partial charge in [0.25, 0.3) is 5.60 Å². The number of piperidine rings is 1. The zero-order valence-electron chi connectivity index (χ0n) is 12.4. The Morgan fingerprint density at radius 2 is 1.96 bits per heavy atom. The van der Waals surface area contributed by atoms with Gasteiger partial charge < -0.3 is 14.7 Å². The van der Waals surface area contributed by atoms with Crippen molar-refractivity contribution in [3.8, 4) is 0 Å². The highest BCUT2D eigenvalue weighted by Crippen LogP contribution is 2.47. The number of esters is 1. The van der Waals surface area contributed by atoms with Gasteiger partial charge in [0.15, 0.2) is 6.29 Å². The van der Waals surface area contributed by atoms with Gasteiger partial charge in [0.1, 0.15) is 0 Å². The van der Waals surface area contributed by atoms with Crippen LogP contribution in [0, 0.1) is 0 Å². The summed E-state index contributed by atoms with van der Waals surface area (Å²) in [7, 11) is 0.770. The van der Waals surface area contributed by atoms with Crippen LogP contribution in [0.1, 0.15) is 34.5 Å². The highest BCUT2D eigenvalue weighted by molar-refractivity contribution is 7.17. The first-order valence-electron chi connectivity index (χ1n) is 6.97. The van der Waals surface area contributed by atoms with Crippen LogP contribution in [0.3, 0.4) is 0 Å². The summed E-state index contributed by atoms with van der Waals surface area (Å²) in [4.78, 5) is 24.4. The van der Waals surface area contributed by atoms with Crippen molar-refractivity contribution in [3.05, 3.63) is 16.5 Å². The maximum absolute atomic E-state index is 13.4. The molecule has 1 aliphatic rings. The third-order valence-corrected chi connectivity index (χ3v) is 4.89. The molecule has 1 atom stereocenters. The van der Waals surface area contributed by atoms with E-state index < -0.39 is 23.3 Å². The molecule has 1 fully saturated rings. The van der Waals surface area contributed by atoms with Crippen molar-refractivity contribution in [2.24, 2.45) is 0 Å². The lowest BCUT2D eigenvalue weighted by Crippen LogP contribution is -2.50. The van der Waals surface area contributed by atoms with Gasteiger partial charge in [0.2, 0.25) is 0 Å². The van der Waals surface area contributed by atoms with E-state index in [2.05, 4.69) is 4.74 Å². The van der Waals surface area contributed by atoms with E-state index in [0.717, 1.165) is 43.8 Å². The van der Waals surface area contributed by atoms with Crippen LogP contribution in [0.25, 0.3) is 0 Å². The van der Waals surface area contributed by atoms with Crippen molar-refractivity contribution in [1.29, 1.82) is 0 Å². The molecule has 0 aromatic carbocycles. The topological polar surface area (TPSA) is 66.8 Å². The molecule has 128 valence electrons. The van der Waals surface area contributed by atoms with Crippen LogP contribution in [0.4, 0.5) is 18.2 Å². The van der Waals surface area contributed by atoms with Crippen LogP contribution in [-0.4, -0.2) is 43.7 Å². The number of anilines is 1. The average Bonchev–Trinajstić information content (AvgIpc) is 2.97. The molecular weight excluding hydrogens is 335 g/mol. The fraction of sp³-hybridized carbons (Fsp3) is 0.571. The Bertz CT molecular complexity index is 595. The summed E-state index contributed by atoms with van der Waals surface area (Å²) in [5.74, 6) is -1.82. The Morgan fingerprint density at radius 3 is 2.43 bits per heavy atom. The van der Waals surface area contributed by atoms with Crippen molar-refractivity contribution in [2.75, 3.05) is 25.1 Å². The van der Waals surface area contributed by atoms with Gasteiger partial charge in [-0.15, -0.1) is 11.3 Å². The van der Waals surface area contributed by atoms with Crippen LogP contribution < -0.4 is 4.90 Å². The molecular formula is C14H16F3NO4S. The Hall–Kier alpha value is -1.61. The highest BCUT2D eigenvalue weighted by Gasteiger charge is 2.63. The first-order chi connectivity index (χ1) is 10.8. The average molecular weight is 351 g/mol. The van der Waals surface area contributed by atoms with E-state index in [4.69, 9.17) is 0 Å². The van der Waals surface area contributed by atoms with Crippen molar-refractivity contribution in [2.45, 2.75) is 31.0 Å². The summed E-state index contributed by atoms with van der Waals surface area (Å²) in [6.45, 7) is 1.00. The molecule has 0 spiro atoms. The third kappa shape index (κ3) is 3.07. The fourth-order valence-electron chi connectivity index (χ4n) is 2.58. The lowest BCUT2D eigenvalue weighted by atomic mass is 9.94. The van der Waals surface area contributed by atoms with E-state index in [9.17, 15) is 27.9 Å². The van der Waals surface area contributed by atoms with E-state index >= 15 is 0 Å². The number of hydrogen-bond acceptors (Lipinski definition) is 6. The van der Waals surface area contributed by atoms with Gasteiger partial charge in [-0.05, 0) is 25.3 Å². The van der Waals surface area contributed by atoms with Crippen LogP contribution in [0.15, 0.2) is 6.07 Å². The minimum Gasteiger partial charge on any atom is -0.466 e. The summed E-state index contributed by atoms with van der Waals surface area (Å²) in [6.07, 6.45) is -2.34. The second-order valence-electron chi connectivity index (χ2n) is 5.23. The lowest BCUT2D eigenvalue weighted by molar-refractivity contribution is -0.266. The van der Waals surface area contributed by atoms with E-state index in [1.54, 1.807) is 4.90 Å². The van der Waals surface area contributed by atoms with Gasteiger partial charge in [0.05, 0.1) is 17.0 Å². The van der Waals surface area contributed by atoms with Crippen molar-refractivity contribution < 1.29 is 32.6 Å². The monoisotopic (exact) mass is 351 g/mol. The molecule has 0 amide bonds. The van der Waals surface area contributed by atoms with Crippen LogP contribution >= 0.6 is 11.3 Å². The molecule has 2 rings (SSSR count). The quantitative estimate of drug-likeness (QED) is 0.667. The summed E-state index contributed by atoms with van der Waals surface area (Å²) in [6, 6.07) is 0.909. The number of aldehydes is 1. The molecule has 0 aliphatic carbocycles. The maximum atomic E-state index is 13.4. The van der Waals surface area contributed by atoms with E-state index in [0.29, 0.717) is 19.4 Å². The molecule has 23 heavy (non-hydrogen) atoms. The second-order valence-corrected chi connectivity index (χ2v) is 6.30. The van der Waals surface area contributed by atoms with E-state index in [-0.39, 0.29) is 9.88 Å². The summed E-state index contributed by atoms with van der Waals surface area (Å²) < 4.78 is 44.5. The number of hydrogen-bond donors (Lipinski definition) is 1. The Morgan fingerprint density at radius 1 is 1.35 bits per heavy atom. The number of carbonyl (C=O) groups excluding carboxylic acids is 2. The first kappa shape index (κ1) is 17.7. The summed E-state index contributed by atoms with van der Waals surface area (Å²) in [5.41, 5.74) is -4.45. The SMILES string of the molecule is COC(=O)C(O)(c1cc(C=O)sc1N1CCCCC1)C(F)(F)F. The molecule has 1 saturated heterocycles. The zero-order valence-corrected chi connectivity index (χ0v) is 13.2. The standard InChI is InChI=1S/C14H16F3NO4S/c1-22-12(20)13(21,14(15,16)17)10-7-9(8-19)23-11(10)18-5-3-2-4-6-18/h7-8,21H,2-6H2,1H3. The zero-order chi connectivity index (χ0) is 17.3. The molecule has 2 heterocycles. The molecule has 1 aromatic rings. The predicted molar refractivity (Wildman–Crippen MR) is 77.7 cm³/mol. The molecule has 0 radical (unpaired) electrons. The predicted octanol–water partition coefficient (Wildman–Crippen LogP) is 2.47. The number of aliphatic hydroxyl groups is 1. The molecule has 0 bridgehead atoms. The fourth-order valence-corrected chi connectivity index (χ4v) is 3.65. The number of carbonyl (C=O) groups is 2. The minimum absolute atomic E-state index is 0.00662. The smallest absolute Gasteiger partial charge is 0.432 e. The number of ether oxygens (including phenoxy) is 1. The largest absolute Gasteiger partial charge is 0.466 e. The van der Waals surface area contributed by atoms with Crippen molar-refractivity contribution >= 4 is 28.6 Å². The molecule has 1 aliphatic heterocycles. The number of methoxy groups -OCH3 is 1. The van der Waals surface area contributed by atoms with Gasteiger partial charge in [-0.3, -0.25) is 4.79 Å². The summed E-state index contributed by atoms with van der Waals surface area (Å²) in [5, 5.41) is 10.3. The third-order valence-electron chi connectivity index (χ3n) is 3.77.